The van der Waals surface area contributed by atoms with Crippen molar-refractivity contribution >= 4 is 17.3 Å². The second-order valence-electron chi connectivity index (χ2n) is 5.64. The highest BCUT2D eigenvalue weighted by Gasteiger charge is 2.36. The van der Waals surface area contributed by atoms with E-state index in [1.165, 1.54) is 0 Å². The van der Waals surface area contributed by atoms with E-state index >= 15 is 0 Å². The summed E-state index contributed by atoms with van der Waals surface area (Å²) in [5.74, 6) is 0. The zero-order valence-corrected chi connectivity index (χ0v) is 14.8. The van der Waals surface area contributed by atoms with E-state index in [1.807, 2.05) is 6.92 Å². The standard InChI is InChI=1S/C15H19ClF3N3O4/c1-2-3-6-20-14-10(4-7-21(23)24)9-12(15(17,18)19)13(16)11(14)5-8-22(25)26/h9,20H,2-8H2,1H3. The Hall–Kier alpha value is -2.10. The summed E-state index contributed by atoms with van der Waals surface area (Å²) in [5, 5.41) is 23.7. The third-order valence-corrected chi connectivity index (χ3v) is 4.12. The lowest BCUT2D eigenvalue weighted by molar-refractivity contribution is -0.479. The molecule has 146 valence electrons. The fraction of sp³-hybridized carbons (Fsp3) is 0.600. The summed E-state index contributed by atoms with van der Waals surface area (Å²) >= 11 is 5.91. The minimum atomic E-state index is -4.77. The molecule has 0 saturated carbocycles. The van der Waals surface area contributed by atoms with E-state index in [2.05, 4.69) is 5.32 Å². The van der Waals surface area contributed by atoms with Gasteiger partial charge in [0.25, 0.3) is 0 Å². The quantitative estimate of drug-likeness (QED) is 0.362. The van der Waals surface area contributed by atoms with Crippen molar-refractivity contribution in [3.63, 3.8) is 0 Å². The number of halogens is 4. The van der Waals surface area contributed by atoms with Crippen molar-refractivity contribution < 1.29 is 23.0 Å². The van der Waals surface area contributed by atoms with E-state index in [-0.39, 0.29) is 29.7 Å². The molecule has 0 atom stereocenters. The average Bonchev–Trinajstić information content (AvgIpc) is 2.51. The largest absolute Gasteiger partial charge is 0.417 e. The van der Waals surface area contributed by atoms with Gasteiger partial charge in [-0.2, -0.15) is 13.2 Å². The second kappa shape index (κ2) is 9.56. The zero-order chi connectivity index (χ0) is 19.9. The monoisotopic (exact) mass is 397 g/mol. The van der Waals surface area contributed by atoms with E-state index in [0.717, 1.165) is 12.5 Å². The van der Waals surface area contributed by atoms with Crippen LogP contribution in [-0.4, -0.2) is 29.5 Å². The molecule has 0 aliphatic heterocycles. The Morgan fingerprint density at radius 2 is 1.73 bits per heavy atom. The van der Waals surface area contributed by atoms with Crippen LogP contribution in [0.1, 0.15) is 36.5 Å². The molecule has 1 aromatic rings. The minimum absolute atomic E-state index is 0.0346. The molecule has 0 heterocycles. The maximum absolute atomic E-state index is 13.3. The molecular formula is C15H19ClF3N3O4. The normalized spacial score (nSPS) is 11.4. The third-order valence-electron chi connectivity index (χ3n) is 3.69. The Bertz CT molecular complexity index is 669. The first-order valence-corrected chi connectivity index (χ1v) is 8.34. The van der Waals surface area contributed by atoms with Crippen molar-refractivity contribution in [2.75, 3.05) is 25.0 Å². The fourth-order valence-corrected chi connectivity index (χ4v) is 2.79. The fourth-order valence-electron chi connectivity index (χ4n) is 2.44. The van der Waals surface area contributed by atoms with E-state index in [4.69, 9.17) is 11.6 Å². The van der Waals surface area contributed by atoms with Gasteiger partial charge in [0.2, 0.25) is 13.1 Å². The number of nitrogens with zero attached hydrogens (tertiary/aromatic N) is 2. The van der Waals surface area contributed by atoms with Gasteiger partial charge in [0.1, 0.15) is 0 Å². The molecule has 0 saturated heterocycles. The molecule has 0 amide bonds. The second-order valence-corrected chi connectivity index (χ2v) is 6.02. The van der Waals surface area contributed by atoms with Gasteiger partial charge in [-0.15, -0.1) is 0 Å². The van der Waals surface area contributed by atoms with E-state index in [9.17, 15) is 33.4 Å². The highest BCUT2D eigenvalue weighted by Crippen LogP contribution is 2.41. The summed E-state index contributed by atoms with van der Waals surface area (Å²) in [6.45, 7) is 1.17. The van der Waals surface area contributed by atoms with Gasteiger partial charge >= 0.3 is 6.18 Å². The molecule has 0 fully saturated rings. The number of nitrogens with one attached hydrogen (secondary N) is 1. The third kappa shape index (κ3) is 6.32. The SMILES string of the molecule is CCCCNc1c(CC[N+](=O)[O-])cc(C(F)(F)F)c(Cl)c1CC[N+](=O)[O-]. The molecule has 7 nitrogen and oxygen atoms in total. The minimum Gasteiger partial charge on any atom is -0.385 e. The zero-order valence-electron chi connectivity index (χ0n) is 14.1. The Morgan fingerprint density at radius 3 is 2.23 bits per heavy atom. The topological polar surface area (TPSA) is 98.3 Å². The first-order chi connectivity index (χ1) is 12.1. The number of nitro groups is 2. The number of hydrogen-bond acceptors (Lipinski definition) is 5. The van der Waals surface area contributed by atoms with Crippen LogP contribution in [0, 0.1) is 20.2 Å². The van der Waals surface area contributed by atoms with Crippen LogP contribution in [0.2, 0.25) is 5.02 Å². The lowest BCUT2D eigenvalue weighted by atomic mass is 9.97. The van der Waals surface area contributed by atoms with Gasteiger partial charge in [-0.05, 0) is 18.1 Å². The Labute approximate surface area is 152 Å². The van der Waals surface area contributed by atoms with Gasteiger partial charge in [-0.25, -0.2) is 0 Å². The number of rotatable bonds is 10. The maximum atomic E-state index is 13.3. The van der Waals surface area contributed by atoms with Gasteiger partial charge < -0.3 is 5.32 Å². The molecule has 26 heavy (non-hydrogen) atoms. The predicted molar refractivity (Wildman–Crippen MR) is 91.0 cm³/mol. The van der Waals surface area contributed by atoms with Crippen molar-refractivity contribution in [2.24, 2.45) is 0 Å². The molecule has 1 aromatic carbocycles. The molecular weight excluding hydrogens is 379 g/mol. The van der Waals surface area contributed by atoms with Crippen LogP contribution in [0.25, 0.3) is 0 Å². The molecule has 0 aromatic heterocycles. The van der Waals surface area contributed by atoms with Crippen LogP contribution in [0.4, 0.5) is 18.9 Å². The van der Waals surface area contributed by atoms with Crippen molar-refractivity contribution in [3.8, 4) is 0 Å². The number of hydrogen-bond donors (Lipinski definition) is 1. The highest BCUT2D eigenvalue weighted by molar-refractivity contribution is 6.32. The molecule has 1 N–H and O–H groups in total. The number of anilines is 1. The molecule has 1 rings (SSSR count). The van der Waals surface area contributed by atoms with Crippen LogP contribution in [-0.2, 0) is 19.0 Å². The van der Waals surface area contributed by atoms with Crippen LogP contribution >= 0.6 is 11.6 Å². The summed E-state index contributed by atoms with van der Waals surface area (Å²) in [7, 11) is 0. The summed E-state index contributed by atoms with van der Waals surface area (Å²) in [4.78, 5) is 20.0. The summed E-state index contributed by atoms with van der Waals surface area (Å²) in [5.41, 5.74) is -0.877. The molecule has 0 radical (unpaired) electrons. The molecule has 0 aliphatic carbocycles. The van der Waals surface area contributed by atoms with Gasteiger partial charge in [0.15, 0.2) is 0 Å². The Kier molecular flexibility index (Phi) is 8.07. The van der Waals surface area contributed by atoms with Crippen LogP contribution in [0.5, 0.6) is 0 Å². The molecule has 0 unspecified atom stereocenters. The lowest BCUT2D eigenvalue weighted by Gasteiger charge is -2.21. The predicted octanol–water partition coefficient (Wildman–Crippen LogP) is 4.21. The number of benzene rings is 1. The van der Waals surface area contributed by atoms with Crippen molar-refractivity contribution in [1.82, 2.24) is 0 Å². The maximum Gasteiger partial charge on any atom is 0.417 e. The Balaban J connectivity index is 3.46. The van der Waals surface area contributed by atoms with Crippen LogP contribution in [0.3, 0.4) is 0 Å². The average molecular weight is 398 g/mol. The molecule has 0 spiro atoms. The first kappa shape index (κ1) is 21.9. The van der Waals surface area contributed by atoms with E-state index < -0.39 is 39.7 Å². The molecule has 0 aliphatic rings. The molecule has 11 heteroatoms. The first-order valence-electron chi connectivity index (χ1n) is 7.96. The highest BCUT2D eigenvalue weighted by atomic mass is 35.5. The lowest BCUT2D eigenvalue weighted by Crippen LogP contribution is -2.17. The molecule has 0 bridgehead atoms. The summed E-state index contributed by atoms with van der Waals surface area (Å²) in [6.07, 6.45) is -3.80. The Morgan fingerprint density at radius 1 is 1.15 bits per heavy atom. The number of unbranched alkanes of at least 4 members (excludes halogenated alkanes) is 1. The van der Waals surface area contributed by atoms with Crippen molar-refractivity contribution in [2.45, 2.75) is 38.8 Å². The van der Waals surface area contributed by atoms with Crippen molar-refractivity contribution in [3.05, 3.63) is 48.0 Å². The van der Waals surface area contributed by atoms with Gasteiger partial charge in [0.05, 0.1) is 10.6 Å². The van der Waals surface area contributed by atoms with Crippen molar-refractivity contribution in [1.29, 1.82) is 0 Å². The summed E-state index contributed by atoms with van der Waals surface area (Å²) in [6, 6.07) is 0.787. The summed E-state index contributed by atoms with van der Waals surface area (Å²) < 4.78 is 39.8. The van der Waals surface area contributed by atoms with Gasteiger partial charge in [0, 0.05) is 40.5 Å². The number of alkyl halides is 3. The van der Waals surface area contributed by atoms with E-state index in [1.54, 1.807) is 0 Å². The van der Waals surface area contributed by atoms with E-state index in [0.29, 0.717) is 13.0 Å². The van der Waals surface area contributed by atoms with Crippen LogP contribution in [0.15, 0.2) is 6.07 Å². The van der Waals surface area contributed by atoms with Gasteiger partial charge in [-0.3, -0.25) is 20.2 Å². The van der Waals surface area contributed by atoms with Crippen LogP contribution < -0.4 is 5.32 Å². The van der Waals surface area contributed by atoms with Gasteiger partial charge in [-0.1, -0.05) is 24.9 Å². The smallest absolute Gasteiger partial charge is 0.385 e.